The summed E-state index contributed by atoms with van der Waals surface area (Å²) in [6.45, 7) is 4.13. The van der Waals surface area contributed by atoms with Crippen LogP contribution in [0, 0.1) is 13.8 Å². The molecule has 2 aromatic carbocycles. The Labute approximate surface area is 145 Å². The SMILES string of the molecule is Cc1ccc(-c2cnc(SCC(N)=O)n2-c2ccccc2C)cc1. The molecule has 0 atom stereocenters. The van der Waals surface area contributed by atoms with Gasteiger partial charge in [0.1, 0.15) is 0 Å². The normalized spacial score (nSPS) is 10.8. The molecule has 1 heterocycles. The number of amides is 1. The molecule has 3 rings (SSSR count). The molecule has 0 aliphatic rings. The van der Waals surface area contributed by atoms with Crippen LogP contribution in [-0.2, 0) is 4.79 Å². The number of carbonyl (C=O) groups is 1. The highest BCUT2D eigenvalue weighted by Crippen LogP contribution is 2.31. The number of imidazole rings is 1. The molecule has 0 aliphatic carbocycles. The molecule has 0 fully saturated rings. The van der Waals surface area contributed by atoms with Gasteiger partial charge in [0.05, 0.1) is 23.3 Å². The molecule has 1 amide bonds. The molecule has 0 spiro atoms. The number of para-hydroxylation sites is 1. The summed E-state index contributed by atoms with van der Waals surface area (Å²) in [6, 6.07) is 16.5. The second-order valence-electron chi connectivity index (χ2n) is 5.67. The van der Waals surface area contributed by atoms with Crippen molar-refractivity contribution in [3.63, 3.8) is 0 Å². The van der Waals surface area contributed by atoms with Gasteiger partial charge in [-0.05, 0) is 25.5 Å². The summed E-state index contributed by atoms with van der Waals surface area (Å²) in [6.07, 6.45) is 1.85. The topological polar surface area (TPSA) is 60.9 Å². The number of nitrogens with two attached hydrogens (primary N) is 1. The molecule has 5 heteroatoms. The lowest BCUT2D eigenvalue weighted by Gasteiger charge is -2.14. The first-order chi connectivity index (χ1) is 11.6. The second-order valence-corrected chi connectivity index (χ2v) is 6.61. The van der Waals surface area contributed by atoms with Crippen LogP contribution in [-0.4, -0.2) is 21.2 Å². The third-order valence-electron chi connectivity index (χ3n) is 3.78. The minimum atomic E-state index is -0.351. The van der Waals surface area contributed by atoms with Crippen LogP contribution in [0.15, 0.2) is 59.9 Å². The van der Waals surface area contributed by atoms with Gasteiger partial charge in [-0.2, -0.15) is 0 Å². The van der Waals surface area contributed by atoms with Gasteiger partial charge in [-0.25, -0.2) is 4.98 Å². The van der Waals surface area contributed by atoms with E-state index >= 15 is 0 Å². The number of aryl methyl sites for hydroxylation is 2. The number of carbonyl (C=O) groups excluding carboxylic acids is 1. The molecule has 2 N–H and O–H groups in total. The van der Waals surface area contributed by atoms with Crippen molar-refractivity contribution in [2.24, 2.45) is 5.73 Å². The highest BCUT2D eigenvalue weighted by Gasteiger charge is 2.16. The van der Waals surface area contributed by atoms with Crippen molar-refractivity contribution in [1.82, 2.24) is 9.55 Å². The molecule has 24 heavy (non-hydrogen) atoms. The van der Waals surface area contributed by atoms with Crippen LogP contribution in [0.1, 0.15) is 11.1 Å². The smallest absolute Gasteiger partial charge is 0.227 e. The first kappa shape index (κ1) is 16.3. The number of nitrogens with zero attached hydrogens (tertiary/aromatic N) is 2. The second kappa shape index (κ2) is 6.93. The van der Waals surface area contributed by atoms with Gasteiger partial charge in [-0.15, -0.1) is 0 Å². The van der Waals surface area contributed by atoms with Crippen molar-refractivity contribution in [3.05, 3.63) is 65.9 Å². The first-order valence-corrected chi connectivity index (χ1v) is 8.66. The van der Waals surface area contributed by atoms with Gasteiger partial charge in [-0.1, -0.05) is 59.8 Å². The molecule has 0 unspecified atom stereocenters. The molecule has 3 aromatic rings. The lowest BCUT2D eigenvalue weighted by atomic mass is 10.1. The largest absolute Gasteiger partial charge is 0.369 e. The quantitative estimate of drug-likeness (QED) is 0.722. The third-order valence-corrected chi connectivity index (χ3v) is 4.75. The Morgan fingerprint density at radius 2 is 1.83 bits per heavy atom. The fourth-order valence-corrected chi connectivity index (χ4v) is 3.27. The van der Waals surface area contributed by atoms with E-state index in [2.05, 4.69) is 59.8 Å². The lowest BCUT2D eigenvalue weighted by Crippen LogP contribution is -2.13. The van der Waals surface area contributed by atoms with Crippen molar-refractivity contribution in [3.8, 4) is 16.9 Å². The Hall–Kier alpha value is -2.53. The van der Waals surface area contributed by atoms with E-state index in [1.165, 1.54) is 17.3 Å². The van der Waals surface area contributed by atoms with E-state index in [0.29, 0.717) is 0 Å². The van der Waals surface area contributed by atoms with Crippen molar-refractivity contribution < 1.29 is 4.79 Å². The van der Waals surface area contributed by atoms with Gasteiger partial charge in [0, 0.05) is 5.56 Å². The van der Waals surface area contributed by atoms with E-state index in [0.717, 1.165) is 27.7 Å². The maximum absolute atomic E-state index is 11.2. The zero-order valence-corrected chi connectivity index (χ0v) is 14.5. The Balaban J connectivity index is 2.14. The third kappa shape index (κ3) is 3.36. The summed E-state index contributed by atoms with van der Waals surface area (Å²) in [7, 11) is 0. The predicted molar refractivity (Wildman–Crippen MR) is 98.4 cm³/mol. The highest BCUT2D eigenvalue weighted by atomic mass is 32.2. The molecule has 1 aromatic heterocycles. The standard InChI is InChI=1S/C19H19N3OS/c1-13-7-9-15(10-8-13)17-11-21-19(24-12-18(20)23)22(17)16-6-4-3-5-14(16)2/h3-11H,12H2,1-2H3,(H2,20,23). The van der Waals surface area contributed by atoms with Crippen molar-refractivity contribution >= 4 is 17.7 Å². The Morgan fingerprint density at radius 1 is 1.12 bits per heavy atom. The molecule has 0 saturated heterocycles. The number of thioether (sulfide) groups is 1. The van der Waals surface area contributed by atoms with E-state index in [1.807, 2.05) is 18.3 Å². The molecule has 122 valence electrons. The van der Waals surface area contributed by atoms with E-state index in [-0.39, 0.29) is 11.7 Å². The molecule has 0 saturated carbocycles. The summed E-state index contributed by atoms with van der Waals surface area (Å²) in [4.78, 5) is 15.7. The first-order valence-electron chi connectivity index (χ1n) is 7.68. The van der Waals surface area contributed by atoms with E-state index in [4.69, 9.17) is 5.73 Å². The maximum Gasteiger partial charge on any atom is 0.227 e. The average Bonchev–Trinajstić information content (AvgIpc) is 2.98. The Bertz CT molecular complexity index is 869. The van der Waals surface area contributed by atoms with Crippen LogP contribution >= 0.6 is 11.8 Å². The van der Waals surface area contributed by atoms with Crippen molar-refractivity contribution in [1.29, 1.82) is 0 Å². The van der Waals surface area contributed by atoms with Crippen LogP contribution in [0.2, 0.25) is 0 Å². The molecule has 4 nitrogen and oxygen atoms in total. The van der Waals surface area contributed by atoms with Crippen molar-refractivity contribution in [2.75, 3.05) is 5.75 Å². The molecular formula is C19H19N3OS. The van der Waals surface area contributed by atoms with E-state index in [1.54, 1.807) is 0 Å². The zero-order valence-electron chi connectivity index (χ0n) is 13.7. The Kier molecular flexibility index (Phi) is 4.71. The van der Waals surface area contributed by atoms with Gasteiger partial charge in [0.2, 0.25) is 5.91 Å². The summed E-state index contributed by atoms with van der Waals surface area (Å²) in [5.41, 5.74) is 10.8. The maximum atomic E-state index is 11.2. The monoisotopic (exact) mass is 337 g/mol. The molecular weight excluding hydrogens is 318 g/mol. The van der Waals surface area contributed by atoms with Crippen LogP contribution in [0.25, 0.3) is 16.9 Å². The van der Waals surface area contributed by atoms with Gasteiger partial charge in [0.15, 0.2) is 5.16 Å². The van der Waals surface area contributed by atoms with Crippen LogP contribution in [0.5, 0.6) is 0 Å². The van der Waals surface area contributed by atoms with Crippen molar-refractivity contribution in [2.45, 2.75) is 19.0 Å². The minimum absolute atomic E-state index is 0.205. The van der Waals surface area contributed by atoms with E-state index in [9.17, 15) is 4.79 Å². The van der Waals surface area contributed by atoms with Gasteiger partial charge < -0.3 is 5.73 Å². The van der Waals surface area contributed by atoms with E-state index < -0.39 is 0 Å². The number of benzene rings is 2. The lowest BCUT2D eigenvalue weighted by molar-refractivity contribution is -0.115. The number of aromatic nitrogens is 2. The summed E-state index contributed by atoms with van der Waals surface area (Å²) in [5, 5.41) is 0.763. The van der Waals surface area contributed by atoms with Crippen LogP contribution < -0.4 is 5.73 Å². The average molecular weight is 337 g/mol. The highest BCUT2D eigenvalue weighted by molar-refractivity contribution is 7.99. The Morgan fingerprint density at radius 3 is 2.50 bits per heavy atom. The molecule has 0 radical (unpaired) electrons. The number of rotatable bonds is 5. The fourth-order valence-electron chi connectivity index (χ4n) is 2.55. The summed E-state index contributed by atoms with van der Waals surface area (Å²) >= 11 is 1.35. The van der Waals surface area contributed by atoms with Crippen LogP contribution in [0.4, 0.5) is 0 Å². The van der Waals surface area contributed by atoms with Gasteiger partial charge >= 0.3 is 0 Å². The number of primary amides is 1. The van der Waals surface area contributed by atoms with Crippen LogP contribution in [0.3, 0.4) is 0 Å². The fraction of sp³-hybridized carbons (Fsp3) is 0.158. The molecule has 0 bridgehead atoms. The summed E-state index contributed by atoms with van der Waals surface area (Å²) < 4.78 is 2.09. The zero-order chi connectivity index (χ0) is 17.1. The summed E-state index contributed by atoms with van der Waals surface area (Å²) in [5.74, 6) is -0.146. The number of hydrogen-bond donors (Lipinski definition) is 1. The minimum Gasteiger partial charge on any atom is -0.369 e. The number of hydrogen-bond acceptors (Lipinski definition) is 3. The van der Waals surface area contributed by atoms with Gasteiger partial charge in [-0.3, -0.25) is 9.36 Å². The van der Waals surface area contributed by atoms with Gasteiger partial charge in [0.25, 0.3) is 0 Å². The predicted octanol–water partition coefficient (Wildman–Crippen LogP) is 3.73. The molecule has 0 aliphatic heterocycles.